The number of halogens is 1. The third kappa shape index (κ3) is 3.58. The largest absolute Gasteiger partial charge is 0.481 e. The van der Waals surface area contributed by atoms with Crippen molar-refractivity contribution in [2.24, 2.45) is 5.41 Å². The minimum Gasteiger partial charge on any atom is -0.481 e. The molecule has 0 saturated carbocycles. The average molecular weight is 341 g/mol. The second-order valence-corrected chi connectivity index (χ2v) is 6.53. The van der Waals surface area contributed by atoms with Gasteiger partial charge in [-0.3, -0.25) is 14.7 Å². The number of carboxylic acid groups (broad SMARTS) is 1. The fourth-order valence-electron chi connectivity index (χ4n) is 3.06. The molecule has 1 aromatic heterocycles. The van der Waals surface area contributed by atoms with Gasteiger partial charge in [0.15, 0.2) is 0 Å². The standard InChI is InChI=1S/C15H21BrN2O2/c1-2-6-15(14(19)20)7-3-8-18(11-15)10-13-5-4-12(16)9-17-13/h4-5,9H,2-3,6-8,10-11H2,1H3,(H,19,20). The number of aromatic nitrogens is 1. The molecule has 4 nitrogen and oxygen atoms in total. The summed E-state index contributed by atoms with van der Waals surface area (Å²) in [6.07, 6.45) is 5.20. The summed E-state index contributed by atoms with van der Waals surface area (Å²) in [5.74, 6) is -0.646. The Hall–Kier alpha value is -0.940. The van der Waals surface area contributed by atoms with Crippen molar-refractivity contribution < 1.29 is 9.90 Å². The molecular formula is C15H21BrN2O2. The molecule has 0 aromatic carbocycles. The number of aliphatic carboxylic acids is 1. The van der Waals surface area contributed by atoms with E-state index in [-0.39, 0.29) is 0 Å². The average Bonchev–Trinajstić information content (AvgIpc) is 2.42. The second-order valence-electron chi connectivity index (χ2n) is 5.62. The van der Waals surface area contributed by atoms with Crippen LogP contribution in [-0.2, 0) is 11.3 Å². The number of carboxylic acids is 1. The van der Waals surface area contributed by atoms with Crippen LogP contribution in [0, 0.1) is 5.41 Å². The lowest BCUT2D eigenvalue weighted by Crippen LogP contribution is -2.47. The molecule has 0 amide bonds. The van der Waals surface area contributed by atoms with E-state index >= 15 is 0 Å². The van der Waals surface area contributed by atoms with Gasteiger partial charge in [-0.05, 0) is 53.9 Å². The Morgan fingerprint density at radius 2 is 2.35 bits per heavy atom. The molecule has 1 fully saturated rings. The number of carbonyl (C=O) groups is 1. The number of likely N-dealkylation sites (tertiary alicyclic amines) is 1. The van der Waals surface area contributed by atoms with Crippen molar-refractivity contribution in [3.05, 3.63) is 28.5 Å². The molecule has 20 heavy (non-hydrogen) atoms. The number of hydrogen-bond donors (Lipinski definition) is 1. The van der Waals surface area contributed by atoms with Crippen LogP contribution < -0.4 is 0 Å². The molecule has 1 aliphatic rings. The first-order valence-corrected chi connectivity index (χ1v) is 7.91. The van der Waals surface area contributed by atoms with Gasteiger partial charge in [0, 0.05) is 23.8 Å². The molecular weight excluding hydrogens is 320 g/mol. The second kappa shape index (κ2) is 6.68. The van der Waals surface area contributed by atoms with E-state index in [0.29, 0.717) is 6.54 Å². The van der Waals surface area contributed by atoms with Gasteiger partial charge in [0.25, 0.3) is 0 Å². The number of nitrogens with zero attached hydrogens (tertiary/aromatic N) is 2. The van der Waals surface area contributed by atoms with Crippen LogP contribution in [0.3, 0.4) is 0 Å². The molecule has 5 heteroatoms. The molecule has 110 valence electrons. The van der Waals surface area contributed by atoms with Crippen molar-refractivity contribution in [2.75, 3.05) is 13.1 Å². The zero-order valence-electron chi connectivity index (χ0n) is 11.8. The Bertz CT molecular complexity index is 459. The van der Waals surface area contributed by atoms with E-state index in [0.717, 1.165) is 48.9 Å². The lowest BCUT2D eigenvalue weighted by Gasteiger charge is -2.39. The lowest BCUT2D eigenvalue weighted by atomic mass is 9.76. The first-order valence-electron chi connectivity index (χ1n) is 7.12. The van der Waals surface area contributed by atoms with Gasteiger partial charge >= 0.3 is 5.97 Å². The molecule has 1 aromatic rings. The van der Waals surface area contributed by atoms with Crippen LogP contribution in [0.4, 0.5) is 0 Å². The summed E-state index contributed by atoms with van der Waals surface area (Å²) in [6.45, 7) is 4.37. The van der Waals surface area contributed by atoms with Crippen molar-refractivity contribution in [3.8, 4) is 0 Å². The first kappa shape index (κ1) is 15.4. The monoisotopic (exact) mass is 340 g/mol. The van der Waals surface area contributed by atoms with Crippen molar-refractivity contribution >= 4 is 21.9 Å². The van der Waals surface area contributed by atoms with E-state index in [1.165, 1.54) is 0 Å². The summed E-state index contributed by atoms with van der Waals surface area (Å²) in [7, 11) is 0. The smallest absolute Gasteiger partial charge is 0.310 e. The van der Waals surface area contributed by atoms with Gasteiger partial charge in [-0.1, -0.05) is 13.3 Å². The summed E-state index contributed by atoms with van der Waals surface area (Å²) in [4.78, 5) is 18.3. The van der Waals surface area contributed by atoms with Gasteiger partial charge in [-0.25, -0.2) is 0 Å². The summed E-state index contributed by atoms with van der Waals surface area (Å²) < 4.78 is 0.964. The van der Waals surface area contributed by atoms with Crippen molar-refractivity contribution in [1.82, 2.24) is 9.88 Å². The van der Waals surface area contributed by atoms with Crippen LogP contribution in [-0.4, -0.2) is 34.0 Å². The zero-order chi connectivity index (χ0) is 14.6. The lowest BCUT2D eigenvalue weighted by molar-refractivity contribution is -0.153. The van der Waals surface area contributed by atoms with E-state index in [4.69, 9.17) is 0 Å². The highest BCUT2D eigenvalue weighted by Gasteiger charge is 2.41. The quantitative estimate of drug-likeness (QED) is 0.893. The van der Waals surface area contributed by atoms with Crippen LogP contribution in [0.15, 0.2) is 22.8 Å². The van der Waals surface area contributed by atoms with E-state index < -0.39 is 11.4 Å². The van der Waals surface area contributed by atoms with Crippen LogP contribution in [0.25, 0.3) is 0 Å². The maximum Gasteiger partial charge on any atom is 0.310 e. The normalized spacial score (nSPS) is 23.7. The minimum absolute atomic E-state index is 0.567. The van der Waals surface area contributed by atoms with Gasteiger partial charge in [0.2, 0.25) is 0 Å². The molecule has 0 aliphatic carbocycles. The molecule has 1 unspecified atom stereocenters. The van der Waals surface area contributed by atoms with E-state index in [1.54, 1.807) is 6.20 Å². The number of piperidine rings is 1. The Balaban J connectivity index is 2.05. The van der Waals surface area contributed by atoms with E-state index in [1.807, 2.05) is 12.1 Å². The van der Waals surface area contributed by atoms with Gasteiger partial charge in [0.05, 0.1) is 11.1 Å². The van der Waals surface area contributed by atoms with Crippen molar-refractivity contribution in [1.29, 1.82) is 0 Å². The SMILES string of the molecule is CCCC1(C(=O)O)CCCN(Cc2ccc(Br)cn2)C1. The van der Waals surface area contributed by atoms with Gasteiger partial charge in [-0.15, -0.1) is 0 Å². The van der Waals surface area contributed by atoms with Crippen molar-refractivity contribution in [2.45, 2.75) is 39.2 Å². The van der Waals surface area contributed by atoms with Crippen LogP contribution in [0.5, 0.6) is 0 Å². The Morgan fingerprint density at radius 3 is 2.95 bits per heavy atom. The van der Waals surface area contributed by atoms with Crippen LogP contribution in [0.2, 0.25) is 0 Å². The maximum absolute atomic E-state index is 11.7. The molecule has 2 rings (SSSR count). The van der Waals surface area contributed by atoms with Gasteiger partial charge in [-0.2, -0.15) is 0 Å². The highest BCUT2D eigenvalue weighted by molar-refractivity contribution is 9.10. The molecule has 1 aliphatic heterocycles. The third-order valence-electron chi connectivity index (χ3n) is 4.01. The summed E-state index contributed by atoms with van der Waals surface area (Å²) in [5, 5.41) is 9.59. The maximum atomic E-state index is 11.7. The molecule has 1 saturated heterocycles. The van der Waals surface area contributed by atoms with Crippen LogP contribution in [0.1, 0.15) is 38.3 Å². The summed E-state index contributed by atoms with van der Waals surface area (Å²) in [5.41, 5.74) is 0.424. The van der Waals surface area contributed by atoms with Gasteiger partial charge < -0.3 is 5.11 Å². The fraction of sp³-hybridized carbons (Fsp3) is 0.600. The fourth-order valence-corrected chi connectivity index (χ4v) is 3.29. The highest BCUT2D eigenvalue weighted by atomic mass is 79.9. The van der Waals surface area contributed by atoms with Crippen LogP contribution >= 0.6 is 15.9 Å². The molecule has 1 atom stereocenters. The van der Waals surface area contributed by atoms with Gasteiger partial charge in [0.1, 0.15) is 0 Å². The number of pyridine rings is 1. The van der Waals surface area contributed by atoms with Crippen molar-refractivity contribution in [3.63, 3.8) is 0 Å². The highest BCUT2D eigenvalue weighted by Crippen LogP contribution is 2.35. The molecule has 0 spiro atoms. The Morgan fingerprint density at radius 1 is 1.55 bits per heavy atom. The first-order chi connectivity index (χ1) is 9.55. The number of hydrogen-bond acceptors (Lipinski definition) is 3. The molecule has 2 heterocycles. The third-order valence-corrected chi connectivity index (χ3v) is 4.48. The predicted octanol–water partition coefficient (Wildman–Crippen LogP) is 3.31. The Labute approximate surface area is 128 Å². The topological polar surface area (TPSA) is 53.4 Å². The Kier molecular flexibility index (Phi) is 5.16. The molecule has 1 N–H and O–H groups in total. The van der Waals surface area contributed by atoms with E-state index in [9.17, 15) is 9.90 Å². The molecule has 0 radical (unpaired) electrons. The zero-order valence-corrected chi connectivity index (χ0v) is 13.4. The summed E-state index contributed by atoms with van der Waals surface area (Å²) in [6, 6.07) is 3.96. The van der Waals surface area contributed by atoms with E-state index in [2.05, 4.69) is 32.7 Å². The minimum atomic E-state index is -0.646. The predicted molar refractivity (Wildman–Crippen MR) is 81.4 cm³/mol. The number of rotatable bonds is 5. The molecule has 0 bridgehead atoms. The summed E-state index contributed by atoms with van der Waals surface area (Å²) >= 11 is 3.37.